The SMILES string of the molecule is COCCn1nc(C(=O)Nc2nc(-c3ccc(Br)cc3)c(C)s2)ccc1=O. The minimum Gasteiger partial charge on any atom is -0.383 e. The second-order valence-corrected chi connectivity index (χ2v) is 7.78. The maximum atomic E-state index is 12.5. The molecule has 2 heterocycles. The largest absolute Gasteiger partial charge is 0.383 e. The van der Waals surface area contributed by atoms with Crippen LogP contribution in [0.4, 0.5) is 5.13 Å². The maximum Gasteiger partial charge on any atom is 0.277 e. The quantitative estimate of drug-likeness (QED) is 0.624. The van der Waals surface area contributed by atoms with Crippen LogP contribution in [0.1, 0.15) is 15.4 Å². The predicted molar refractivity (Wildman–Crippen MR) is 108 cm³/mol. The Labute approximate surface area is 168 Å². The Morgan fingerprint density at radius 2 is 2.00 bits per heavy atom. The number of amides is 1. The normalized spacial score (nSPS) is 10.8. The van der Waals surface area contributed by atoms with E-state index in [0.29, 0.717) is 11.7 Å². The lowest BCUT2D eigenvalue weighted by atomic mass is 10.1. The van der Waals surface area contributed by atoms with Gasteiger partial charge in [-0.25, -0.2) is 9.67 Å². The highest BCUT2D eigenvalue weighted by Gasteiger charge is 2.15. The number of nitrogens with zero attached hydrogens (tertiary/aromatic N) is 3. The molecule has 0 bridgehead atoms. The lowest BCUT2D eigenvalue weighted by Crippen LogP contribution is -2.27. The summed E-state index contributed by atoms with van der Waals surface area (Å²) >= 11 is 4.80. The summed E-state index contributed by atoms with van der Waals surface area (Å²) in [6.45, 7) is 2.56. The van der Waals surface area contributed by atoms with Crippen molar-refractivity contribution in [1.29, 1.82) is 0 Å². The monoisotopic (exact) mass is 448 g/mol. The van der Waals surface area contributed by atoms with Crippen molar-refractivity contribution >= 4 is 38.3 Å². The average Bonchev–Trinajstić information content (AvgIpc) is 3.01. The highest BCUT2D eigenvalue weighted by Crippen LogP contribution is 2.31. The number of rotatable bonds is 6. The molecule has 3 aromatic rings. The van der Waals surface area contributed by atoms with Gasteiger partial charge in [-0.2, -0.15) is 5.10 Å². The molecule has 27 heavy (non-hydrogen) atoms. The number of carbonyl (C=O) groups is 1. The Morgan fingerprint density at radius 1 is 1.26 bits per heavy atom. The van der Waals surface area contributed by atoms with Crippen molar-refractivity contribution in [2.75, 3.05) is 19.0 Å². The Kier molecular flexibility index (Phi) is 6.15. The van der Waals surface area contributed by atoms with Gasteiger partial charge in [0, 0.05) is 28.1 Å². The van der Waals surface area contributed by atoms with Gasteiger partial charge in [0.25, 0.3) is 11.5 Å². The zero-order chi connectivity index (χ0) is 19.4. The first kappa shape index (κ1) is 19.4. The summed E-state index contributed by atoms with van der Waals surface area (Å²) in [7, 11) is 1.54. The van der Waals surface area contributed by atoms with Crippen LogP contribution in [0.3, 0.4) is 0 Å². The zero-order valence-corrected chi connectivity index (χ0v) is 17.1. The number of hydrogen-bond donors (Lipinski definition) is 1. The van der Waals surface area contributed by atoms with Crippen molar-refractivity contribution in [3.63, 3.8) is 0 Å². The van der Waals surface area contributed by atoms with Gasteiger partial charge >= 0.3 is 0 Å². The first-order valence-electron chi connectivity index (χ1n) is 8.10. The van der Waals surface area contributed by atoms with Crippen molar-refractivity contribution in [3.8, 4) is 11.3 Å². The van der Waals surface area contributed by atoms with Gasteiger partial charge in [-0.05, 0) is 25.1 Å². The Balaban J connectivity index is 1.79. The van der Waals surface area contributed by atoms with Crippen LogP contribution in [0.5, 0.6) is 0 Å². The molecule has 1 N–H and O–H groups in total. The molecule has 0 radical (unpaired) electrons. The summed E-state index contributed by atoms with van der Waals surface area (Å²) < 4.78 is 7.15. The molecular weight excluding hydrogens is 432 g/mol. The first-order chi connectivity index (χ1) is 13.0. The van der Waals surface area contributed by atoms with Crippen LogP contribution in [0.25, 0.3) is 11.3 Å². The zero-order valence-electron chi connectivity index (χ0n) is 14.7. The minimum absolute atomic E-state index is 0.142. The summed E-state index contributed by atoms with van der Waals surface area (Å²) in [6, 6.07) is 10.5. The number of ether oxygens (including phenoxy) is 1. The van der Waals surface area contributed by atoms with E-state index in [1.807, 2.05) is 31.2 Å². The summed E-state index contributed by atoms with van der Waals surface area (Å²) in [5.41, 5.74) is 1.65. The molecule has 0 unspecified atom stereocenters. The number of carbonyl (C=O) groups excluding carboxylic acids is 1. The molecule has 1 amide bonds. The fourth-order valence-electron chi connectivity index (χ4n) is 2.39. The van der Waals surface area contributed by atoms with Crippen LogP contribution in [0, 0.1) is 6.92 Å². The molecule has 2 aromatic heterocycles. The predicted octanol–water partition coefficient (Wildman–Crippen LogP) is 3.34. The molecule has 0 aliphatic heterocycles. The third-order valence-electron chi connectivity index (χ3n) is 3.74. The van der Waals surface area contributed by atoms with Gasteiger partial charge in [0.1, 0.15) is 5.69 Å². The molecule has 0 saturated carbocycles. The molecule has 0 aliphatic rings. The number of thiazole rings is 1. The highest BCUT2D eigenvalue weighted by molar-refractivity contribution is 9.10. The standard InChI is InChI=1S/C18H17BrN4O3S/c1-11-16(12-3-5-13(19)6-4-12)20-18(27-11)21-17(25)14-7-8-15(24)23(22-14)9-10-26-2/h3-8H,9-10H2,1-2H3,(H,20,21,25). The van der Waals surface area contributed by atoms with E-state index in [1.54, 1.807) is 0 Å². The Morgan fingerprint density at radius 3 is 2.70 bits per heavy atom. The van der Waals surface area contributed by atoms with E-state index in [0.717, 1.165) is 20.6 Å². The van der Waals surface area contributed by atoms with Crippen molar-refractivity contribution in [2.24, 2.45) is 0 Å². The molecule has 0 aliphatic carbocycles. The van der Waals surface area contributed by atoms with E-state index in [2.05, 4.69) is 31.3 Å². The van der Waals surface area contributed by atoms with Crippen molar-refractivity contribution in [1.82, 2.24) is 14.8 Å². The van der Waals surface area contributed by atoms with E-state index in [-0.39, 0.29) is 17.8 Å². The lowest BCUT2D eigenvalue weighted by molar-refractivity contribution is 0.101. The number of hydrogen-bond acceptors (Lipinski definition) is 6. The van der Waals surface area contributed by atoms with Gasteiger partial charge in [-0.1, -0.05) is 28.1 Å². The summed E-state index contributed by atoms with van der Waals surface area (Å²) in [5, 5.41) is 7.32. The Hall–Kier alpha value is -2.36. The van der Waals surface area contributed by atoms with Crippen molar-refractivity contribution in [3.05, 3.63) is 61.8 Å². The van der Waals surface area contributed by atoms with E-state index >= 15 is 0 Å². The smallest absolute Gasteiger partial charge is 0.277 e. The fourth-order valence-corrected chi connectivity index (χ4v) is 3.49. The number of halogens is 1. The number of aromatic nitrogens is 3. The van der Waals surface area contributed by atoms with E-state index in [9.17, 15) is 9.59 Å². The molecule has 0 atom stereocenters. The second-order valence-electron chi connectivity index (χ2n) is 5.66. The first-order valence-corrected chi connectivity index (χ1v) is 9.70. The van der Waals surface area contributed by atoms with E-state index in [4.69, 9.17) is 4.74 Å². The molecular formula is C18H17BrN4O3S. The highest BCUT2D eigenvalue weighted by atomic mass is 79.9. The second kappa shape index (κ2) is 8.55. The lowest BCUT2D eigenvalue weighted by Gasteiger charge is -2.06. The minimum atomic E-state index is -0.419. The van der Waals surface area contributed by atoms with E-state index in [1.165, 1.54) is 35.3 Å². The Bertz CT molecular complexity index is 1010. The third kappa shape index (κ3) is 4.68. The van der Waals surface area contributed by atoms with Gasteiger partial charge < -0.3 is 4.74 Å². The third-order valence-corrected chi connectivity index (χ3v) is 5.16. The van der Waals surface area contributed by atoms with Crippen LogP contribution in [-0.4, -0.2) is 34.4 Å². The fraction of sp³-hybridized carbons (Fsp3) is 0.222. The molecule has 0 saturated heterocycles. The number of methoxy groups -OCH3 is 1. The van der Waals surface area contributed by atoms with Crippen molar-refractivity contribution in [2.45, 2.75) is 13.5 Å². The van der Waals surface area contributed by atoms with Gasteiger partial charge in [0.05, 0.1) is 18.8 Å². The van der Waals surface area contributed by atoms with Gasteiger partial charge in [-0.3, -0.25) is 14.9 Å². The van der Waals surface area contributed by atoms with E-state index < -0.39 is 5.91 Å². The number of anilines is 1. The van der Waals surface area contributed by atoms with Crippen LogP contribution in [0.15, 0.2) is 45.7 Å². The molecule has 0 spiro atoms. The molecule has 1 aromatic carbocycles. The van der Waals surface area contributed by atoms with Crippen LogP contribution < -0.4 is 10.9 Å². The molecule has 9 heteroatoms. The number of benzene rings is 1. The van der Waals surface area contributed by atoms with Gasteiger partial charge in [0.15, 0.2) is 5.13 Å². The molecule has 3 rings (SSSR count). The van der Waals surface area contributed by atoms with Gasteiger partial charge in [0.2, 0.25) is 0 Å². The average molecular weight is 449 g/mol. The number of nitrogens with one attached hydrogen (secondary N) is 1. The summed E-state index contributed by atoms with van der Waals surface area (Å²) in [5.74, 6) is -0.419. The van der Waals surface area contributed by atoms with Crippen molar-refractivity contribution < 1.29 is 9.53 Å². The molecule has 7 nitrogen and oxygen atoms in total. The van der Waals surface area contributed by atoms with Crippen LogP contribution in [0.2, 0.25) is 0 Å². The topological polar surface area (TPSA) is 86.1 Å². The number of aryl methyl sites for hydroxylation is 1. The molecule has 140 valence electrons. The van der Waals surface area contributed by atoms with Crippen LogP contribution in [-0.2, 0) is 11.3 Å². The van der Waals surface area contributed by atoms with Crippen LogP contribution >= 0.6 is 27.3 Å². The molecule has 0 fully saturated rings. The van der Waals surface area contributed by atoms with Gasteiger partial charge in [-0.15, -0.1) is 11.3 Å². The maximum absolute atomic E-state index is 12.5. The summed E-state index contributed by atoms with van der Waals surface area (Å²) in [6.07, 6.45) is 0. The summed E-state index contributed by atoms with van der Waals surface area (Å²) in [4.78, 5) is 29.8.